The van der Waals surface area contributed by atoms with Crippen LogP contribution in [-0.2, 0) is 4.74 Å². The summed E-state index contributed by atoms with van der Waals surface area (Å²) in [5, 5.41) is 7.98. The minimum absolute atomic E-state index is 0.329. The summed E-state index contributed by atoms with van der Waals surface area (Å²) in [6.45, 7) is 9.10. The Kier molecular flexibility index (Phi) is 5.09. The molecule has 0 aromatic carbocycles. The van der Waals surface area contributed by atoms with Crippen molar-refractivity contribution < 1.29 is 4.74 Å². The SMILES string of the molecule is CCCOC1CCCN(C(=N)C(C)C)C1. The van der Waals surface area contributed by atoms with Crippen LogP contribution in [0.5, 0.6) is 0 Å². The predicted molar refractivity (Wildman–Crippen MR) is 63.4 cm³/mol. The molecule has 1 atom stereocenters. The highest BCUT2D eigenvalue weighted by Gasteiger charge is 2.22. The number of nitrogens with zero attached hydrogens (tertiary/aromatic N) is 1. The van der Waals surface area contributed by atoms with Crippen molar-refractivity contribution in [3.63, 3.8) is 0 Å². The second-order valence-corrected chi connectivity index (χ2v) is 4.62. The van der Waals surface area contributed by atoms with Gasteiger partial charge in [0, 0.05) is 25.6 Å². The van der Waals surface area contributed by atoms with Crippen molar-refractivity contribution in [1.82, 2.24) is 4.90 Å². The zero-order valence-corrected chi connectivity index (χ0v) is 10.3. The fourth-order valence-corrected chi connectivity index (χ4v) is 1.94. The second-order valence-electron chi connectivity index (χ2n) is 4.62. The van der Waals surface area contributed by atoms with Gasteiger partial charge in [-0.15, -0.1) is 0 Å². The van der Waals surface area contributed by atoms with Gasteiger partial charge < -0.3 is 9.64 Å². The first-order valence-electron chi connectivity index (χ1n) is 6.10. The van der Waals surface area contributed by atoms with E-state index in [0.29, 0.717) is 12.0 Å². The van der Waals surface area contributed by atoms with Crippen LogP contribution >= 0.6 is 0 Å². The molecule has 3 nitrogen and oxygen atoms in total. The average molecular weight is 212 g/mol. The molecular weight excluding hydrogens is 188 g/mol. The van der Waals surface area contributed by atoms with E-state index in [2.05, 4.69) is 25.7 Å². The van der Waals surface area contributed by atoms with Crippen LogP contribution in [0.2, 0.25) is 0 Å². The second kappa shape index (κ2) is 6.11. The molecule has 0 aromatic rings. The molecular formula is C12H24N2O. The Labute approximate surface area is 93.3 Å². The molecule has 88 valence electrons. The highest BCUT2D eigenvalue weighted by Crippen LogP contribution is 2.15. The lowest BCUT2D eigenvalue weighted by Gasteiger charge is -2.35. The van der Waals surface area contributed by atoms with Gasteiger partial charge >= 0.3 is 0 Å². The van der Waals surface area contributed by atoms with Crippen molar-refractivity contribution in [1.29, 1.82) is 5.41 Å². The highest BCUT2D eigenvalue weighted by molar-refractivity contribution is 5.81. The zero-order chi connectivity index (χ0) is 11.3. The van der Waals surface area contributed by atoms with E-state index < -0.39 is 0 Å². The van der Waals surface area contributed by atoms with Crippen molar-refractivity contribution in [2.24, 2.45) is 5.92 Å². The average Bonchev–Trinajstić information content (AvgIpc) is 2.25. The van der Waals surface area contributed by atoms with Gasteiger partial charge in [0.1, 0.15) is 0 Å². The minimum atomic E-state index is 0.329. The van der Waals surface area contributed by atoms with Gasteiger partial charge in [-0.1, -0.05) is 20.8 Å². The van der Waals surface area contributed by atoms with E-state index in [1.165, 1.54) is 0 Å². The van der Waals surface area contributed by atoms with Gasteiger partial charge in [0.15, 0.2) is 0 Å². The fourth-order valence-electron chi connectivity index (χ4n) is 1.94. The van der Waals surface area contributed by atoms with Crippen LogP contribution in [0.1, 0.15) is 40.0 Å². The van der Waals surface area contributed by atoms with E-state index >= 15 is 0 Å². The minimum Gasteiger partial charge on any atom is -0.376 e. The number of piperidine rings is 1. The number of rotatable bonds is 4. The molecule has 15 heavy (non-hydrogen) atoms. The van der Waals surface area contributed by atoms with Crippen LogP contribution in [-0.4, -0.2) is 36.5 Å². The smallest absolute Gasteiger partial charge is 0.0984 e. The summed E-state index contributed by atoms with van der Waals surface area (Å²) < 4.78 is 5.75. The first-order chi connectivity index (χ1) is 7.15. The summed E-state index contributed by atoms with van der Waals surface area (Å²) >= 11 is 0. The Morgan fingerprint density at radius 2 is 2.27 bits per heavy atom. The third kappa shape index (κ3) is 3.82. The maximum atomic E-state index is 7.98. The Balaban J connectivity index is 2.38. The van der Waals surface area contributed by atoms with E-state index in [1.54, 1.807) is 0 Å². The molecule has 1 aliphatic heterocycles. The molecule has 1 unspecified atom stereocenters. The maximum Gasteiger partial charge on any atom is 0.0984 e. The number of ether oxygens (including phenoxy) is 1. The van der Waals surface area contributed by atoms with E-state index in [4.69, 9.17) is 10.1 Å². The monoisotopic (exact) mass is 212 g/mol. The normalized spacial score (nSPS) is 22.1. The Morgan fingerprint density at radius 3 is 2.87 bits per heavy atom. The summed E-state index contributed by atoms with van der Waals surface area (Å²) in [4.78, 5) is 2.18. The Hall–Kier alpha value is -0.570. The summed E-state index contributed by atoms with van der Waals surface area (Å²) in [6.07, 6.45) is 3.74. The maximum absolute atomic E-state index is 7.98. The van der Waals surface area contributed by atoms with Crippen molar-refractivity contribution in [2.75, 3.05) is 19.7 Å². The molecule has 1 rings (SSSR count). The molecule has 1 aliphatic rings. The van der Waals surface area contributed by atoms with Crippen LogP contribution in [0.25, 0.3) is 0 Å². The first-order valence-corrected chi connectivity index (χ1v) is 6.10. The quantitative estimate of drug-likeness (QED) is 0.574. The van der Waals surface area contributed by atoms with Gasteiger partial charge in [-0.25, -0.2) is 0 Å². The lowest BCUT2D eigenvalue weighted by atomic mass is 10.1. The summed E-state index contributed by atoms with van der Waals surface area (Å²) in [7, 11) is 0. The van der Waals surface area contributed by atoms with E-state index in [-0.39, 0.29) is 0 Å². The Bertz CT molecular complexity index is 204. The molecule has 1 fully saturated rings. The molecule has 1 heterocycles. The molecule has 0 amide bonds. The molecule has 3 heteroatoms. The summed E-state index contributed by atoms with van der Waals surface area (Å²) in [6, 6.07) is 0. The lowest BCUT2D eigenvalue weighted by molar-refractivity contribution is 0.0155. The van der Waals surface area contributed by atoms with E-state index in [9.17, 15) is 0 Å². The molecule has 0 spiro atoms. The zero-order valence-electron chi connectivity index (χ0n) is 10.3. The number of amidine groups is 1. The van der Waals surface area contributed by atoms with E-state index in [1.807, 2.05) is 0 Å². The summed E-state index contributed by atoms with van der Waals surface area (Å²) in [5.74, 6) is 1.09. The van der Waals surface area contributed by atoms with Gasteiger partial charge in [-0.2, -0.15) is 0 Å². The van der Waals surface area contributed by atoms with Crippen molar-refractivity contribution in [3.8, 4) is 0 Å². The van der Waals surface area contributed by atoms with Gasteiger partial charge in [0.05, 0.1) is 11.9 Å². The Morgan fingerprint density at radius 1 is 1.53 bits per heavy atom. The van der Waals surface area contributed by atoms with Crippen molar-refractivity contribution in [2.45, 2.75) is 46.1 Å². The van der Waals surface area contributed by atoms with Gasteiger partial charge in [-0.05, 0) is 19.3 Å². The van der Waals surface area contributed by atoms with Gasteiger partial charge in [-0.3, -0.25) is 5.41 Å². The molecule has 0 saturated carbocycles. The molecule has 0 aliphatic carbocycles. The van der Waals surface area contributed by atoms with Crippen LogP contribution in [0.4, 0.5) is 0 Å². The third-order valence-electron chi connectivity index (χ3n) is 2.82. The first kappa shape index (κ1) is 12.5. The van der Waals surface area contributed by atoms with Crippen molar-refractivity contribution >= 4 is 5.84 Å². The lowest BCUT2D eigenvalue weighted by Crippen LogP contribution is -2.44. The summed E-state index contributed by atoms with van der Waals surface area (Å²) in [5.41, 5.74) is 0. The van der Waals surface area contributed by atoms with Gasteiger partial charge in [0.2, 0.25) is 0 Å². The molecule has 0 radical (unpaired) electrons. The number of hydrogen-bond acceptors (Lipinski definition) is 2. The largest absolute Gasteiger partial charge is 0.376 e. The third-order valence-corrected chi connectivity index (χ3v) is 2.82. The van der Waals surface area contributed by atoms with Crippen LogP contribution < -0.4 is 0 Å². The fraction of sp³-hybridized carbons (Fsp3) is 0.917. The van der Waals surface area contributed by atoms with Crippen molar-refractivity contribution in [3.05, 3.63) is 0 Å². The standard InChI is InChI=1S/C12H24N2O/c1-4-8-15-11-6-5-7-14(9-11)12(13)10(2)3/h10-11,13H,4-9H2,1-3H3. The van der Waals surface area contributed by atoms with Gasteiger partial charge in [0.25, 0.3) is 0 Å². The molecule has 1 saturated heterocycles. The number of likely N-dealkylation sites (tertiary alicyclic amines) is 1. The van der Waals surface area contributed by atoms with Crippen LogP contribution in [0, 0.1) is 11.3 Å². The topological polar surface area (TPSA) is 36.3 Å². The molecule has 1 N–H and O–H groups in total. The predicted octanol–water partition coefficient (Wildman–Crippen LogP) is 2.51. The number of hydrogen-bond donors (Lipinski definition) is 1. The number of nitrogens with one attached hydrogen (secondary N) is 1. The molecule has 0 aromatic heterocycles. The van der Waals surface area contributed by atoms with Crippen LogP contribution in [0.3, 0.4) is 0 Å². The molecule has 0 bridgehead atoms. The highest BCUT2D eigenvalue weighted by atomic mass is 16.5. The van der Waals surface area contributed by atoms with Crippen LogP contribution in [0.15, 0.2) is 0 Å². The van der Waals surface area contributed by atoms with E-state index in [0.717, 1.165) is 44.8 Å².